The summed E-state index contributed by atoms with van der Waals surface area (Å²) in [5.74, 6) is -2.93. The molecular formula is C20H26F2N4O4S. The van der Waals surface area contributed by atoms with Crippen LogP contribution in [0.15, 0.2) is 12.1 Å². The van der Waals surface area contributed by atoms with Crippen LogP contribution in [0.2, 0.25) is 0 Å². The number of ether oxygens (including phenoxy) is 1. The first-order valence-corrected chi connectivity index (χ1v) is 10.7. The summed E-state index contributed by atoms with van der Waals surface area (Å²) in [6, 6.07) is 1.45. The van der Waals surface area contributed by atoms with Crippen molar-refractivity contribution in [1.29, 1.82) is 0 Å². The highest BCUT2D eigenvalue weighted by Crippen LogP contribution is 2.31. The van der Waals surface area contributed by atoms with Gasteiger partial charge in [0, 0.05) is 12.1 Å². The number of aromatic carboxylic acids is 1. The minimum absolute atomic E-state index is 0.0153. The van der Waals surface area contributed by atoms with E-state index >= 15 is 0 Å². The maximum atomic E-state index is 14.0. The number of unbranched alkanes of at least 4 members (excludes halogenated alkanes) is 4. The maximum absolute atomic E-state index is 14.0. The molecule has 0 atom stereocenters. The number of carboxylic acid groups (broad SMARTS) is 1. The summed E-state index contributed by atoms with van der Waals surface area (Å²) in [7, 11) is 0. The second kappa shape index (κ2) is 12.2. The zero-order valence-corrected chi connectivity index (χ0v) is 18.0. The fraction of sp³-hybridized carbons (Fsp3) is 0.450. The summed E-state index contributed by atoms with van der Waals surface area (Å²) >= 11 is 0.723. The molecule has 0 aliphatic rings. The van der Waals surface area contributed by atoms with Crippen molar-refractivity contribution in [3.8, 4) is 5.88 Å². The first-order valence-electron chi connectivity index (χ1n) is 9.88. The van der Waals surface area contributed by atoms with Gasteiger partial charge in [0.15, 0.2) is 5.56 Å². The van der Waals surface area contributed by atoms with Crippen LogP contribution < -0.4 is 21.1 Å². The number of nitrogens with two attached hydrogens (primary N) is 1. The average molecular weight is 457 g/mol. The number of nitrogens with one attached hydrogen (secondary N) is 2. The lowest BCUT2D eigenvalue weighted by Crippen LogP contribution is -2.29. The van der Waals surface area contributed by atoms with E-state index in [1.54, 1.807) is 0 Å². The number of aryl methyl sites for hydroxylation is 1. The van der Waals surface area contributed by atoms with Crippen LogP contribution >= 0.6 is 11.5 Å². The number of anilines is 1. The normalized spacial score (nSPS) is 10.7. The summed E-state index contributed by atoms with van der Waals surface area (Å²) in [4.78, 5) is 23.7. The molecule has 2 aromatic rings. The monoisotopic (exact) mass is 456 g/mol. The molecule has 0 unspecified atom stereocenters. The summed E-state index contributed by atoms with van der Waals surface area (Å²) in [6.45, 7) is 2.13. The molecule has 0 aliphatic carbocycles. The van der Waals surface area contributed by atoms with Gasteiger partial charge in [-0.05, 0) is 55.5 Å². The Hall–Kier alpha value is -2.79. The van der Waals surface area contributed by atoms with E-state index in [0.717, 1.165) is 55.8 Å². The number of urea groups is 1. The standard InChI is InChI=1S/C20H26F2N4O4S/c1-12-9-15(22)13(10-14(12)21)11-30-17-16(19(27)28)18(31-26-17)25-20(29)24-8-6-4-2-3-5-7-23/h9-10H,2-8,11,23H2,1H3,(H,27,28)(H2,24,25,29). The van der Waals surface area contributed by atoms with Gasteiger partial charge in [-0.2, -0.15) is 4.37 Å². The van der Waals surface area contributed by atoms with E-state index in [2.05, 4.69) is 15.0 Å². The minimum Gasteiger partial charge on any atom is -0.477 e. The molecule has 0 bridgehead atoms. The Bertz CT molecular complexity index is 908. The number of aromatic nitrogens is 1. The molecule has 11 heteroatoms. The second-order valence-corrected chi connectivity index (χ2v) is 7.69. The third-order valence-corrected chi connectivity index (χ3v) is 5.21. The molecule has 2 amide bonds. The fourth-order valence-electron chi connectivity index (χ4n) is 2.74. The maximum Gasteiger partial charge on any atom is 0.344 e. The number of carbonyl (C=O) groups is 2. The molecule has 170 valence electrons. The highest BCUT2D eigenvalue weighted by molar-refractivity contribution is 7.11. The van der Waals surface area contributed by atoms with E-state index in [1.165, 1.54) is 6.92 Å². The summed E-state index contributed by atoms with van der Waals surface area (Å²) in [6.07, 6.45) is 4.81. The SMILES string of the molecule is Cc1cc(F)c(COc2nsc(NC(=O)NCCCCCCCN)c2C(=O)O)cc1F. The highest BCUT2D eigenvalue weighted by atomic mass is 32.1. The Morgan fingerprint density at radius 3 is 2.58 bits per heavy atom. The molecule has 0 aliphatic heterocycles. The van der Waals surface area contributed by atoms with Crippen molar-refractivity contribution >= 4 is 28.5 Å². The lowest BCUT2D eigenvalue weighted by Gasteiger charge is -2.08. The van der Waals surface area contributed by atoms with Crippen LogP contribution in [0, 0.1) is 18.6 Å². The van der Waals surface area contributed by atoms with E-state index in [9.17, 15) is 23.5 Å². The van der Waals surface area contributed by atoms with E-state index in [4.69, 9.17) is 10.5 Å². The Morgan fingerprint density at radius 2 is 1.87 bits per heavy atom. The molecule has 0 saturated carbocycles. The van der Waals surface area contributed by atoms with Crippen molar-refractivity contribution in [2.45, 2.75) is 45.6 Å². The van der Waals surface area contributed by atoms with Gasteiger partial charge in [0.1, 0.15) is 23.2 Å². The number of amides is 2. The number of carboxylic acids is 1. The molecule has 8 nitrogen and oxygen atoms in total. The van der Waals surface area contributed by atoms with Gasteiger partial charge in [0.05, 0.1) is 0 Å². The van der Waals surface area contributed by atoms with Crippen LogP contribution in [0.5, 0.6) is 5.88 Å². The molecular weight excluding hydrogens is 430 g/mol. The predicted molar refractivity (Wildman–Crippen MR) is 114 cm³/mol. The van der Waals surface area contributed by atoms with Crippen LogP contribution in [-0.2, 0) is 6.61 Å². The van der Waals surface area contributed by atoms with E-state index < -0.39 is 30.2 Å². The average Bonchev–Trinajstić information content (AvgIpc) is 3.11. The van der Waals surface area contributed by atoms with Crippen molar-refractivity contribution in [2.75, 3.05) is 18.4 Å². The van der Waals surface area contributed by atoms with Gasteiger partial charge in [0.2, 0.25) is 5.88 Å². The summed E-state index contributed by atoms with van der Waals surface area (Å²) in [5.41, 5.74) is 5.15. The number of hydrogen-bond acceptors (Lipinski definition) is 6. The molecule has 0 spiro atoms. The number of halogens is 2. The molecule has 0 fully saturated rings. The Morgan fingerprint density at radius 1 is 1.16 bits per heavy atom. The molecule has 0 saturated heterocycles. The Labute approximate surface area is 183 Å². The van der Waals surface area contributed by atoms with Crippen LogP contribution in [0.4, 0.5) is 18.6 Å². The number of nitrogens with zero attached hydrogens (tertiary/aromatic N) is 1. The van der Waals surface area contributed by atoms with Crippen molar-refractivity contribution in [3.63, 3.8) is 0 Å². The van der Waals surface area contributed by atoms with Gasteiger partial charge in [0.25, 0.3) is 0 Å². The smallest absolute Gasteiger partial charge is 0.344 e. The zero-order chi connectivity index (χ0) is 22.8. The van der Waals surface area contributed by atoms with Gasteiger partial charge in [-0.3, -0.25) is 5.32 Å². The summed E-state index contributed by atoms with van der Waals surface area (Å²) in [5, 5.41) is 14.6. The van der Waals surface area contributed by atoms with E-state index in [0.29, 0.717) is 13.1 Å². The van der Waals surface area contributed by atoms with Crippen LogP contribution in [0.25, 0.3) is 0 Å². The number of hydrogen-bond donors (Lipinski definition) is 4. The quantitative estimate of drug-likeness (QED) is 0.357. The third kappa shape index (κ3) is 7.44. The van der Waals surface area contributed by atoms with Crippen molar-refractivity contribution in [3.05, 3.63) is 40.5 Å². The number of rotatable bonds is 12. The second-order valence-electron chi connectivity index (χ2n) is 6.92. The molecule has 1 heterocycles. The topological polar surface area (TPSA) is 127 Å². The molecule has 31 heavy (non-hydrogen) atoms. The van der Waals surface area contributed by atoms with Crippen molar-refractivity contribution in [1.82, 2.24) is 9.69 Å². The highest BCUT2D eigenvalue weighted by Gasteiger charge is 2.24. The predicted octanol–water partition coefficient (Wildman–Crippen LogP) is 4.04. The molecule has 0 radical (unpaired) electrons. The fourth-order valence-corrected chi connectivity index (χ4v) is 3.46. The van der Waals surface area contributed by atoms with Crippen LogP contribution in [-0.4, -0.2) is 34.6 Å². The first kappa shape index (κ1) is 24.5. The summed E-state index contributed by atoms with van der Waals surface area (Å²) < 4.78 is 36.8. The van der Waals surface area contributed by atoms with Crippen LogP contribution in [0.1, 0.15) is 53.6 Å². The molecule has 1 aromatic heterocycles. The van der Waals surface area contributed by atoms with Crippen LogP contribution in [0.3, 0.4) is 0 Å². The lowest BCUT2D eigenvalue weighted by atomic mass is 10.1. The van der Waals surface area contributed by atoms with Crippen molar-refractivity contribution in [2.24, 2.45) is 5.73 Å². The Balaban J connectivity index is 1.92. The molecule has 5 N–H and O–H groups in total. The third-order valence-electron chi connectivity index (χ3n) is 4.46. The van der Waals surface area contributed by atoms with Gasteiger partial charge in [-0.15, -0.1) is 0 Å². The zero-order valence-electron chi connectivity index (χ0n) is 17.2. The number of benzene rings is 1. The number of carbonyl (C=O) groups excluding carboxylic acids is 1. The van der Waals surface area contributed by atoms with E-state index in [1.807, 2.05) is 0 Å². The lowest BCUT2D eigenvalue weighted by molar-refractivity contribution is 0.0693. The Kier molecular flexibility index (Phi) is 9.60. The van der Waals surface area contributed by atoms with Gasteiger partial charge in [-0.1, -0.05) is 19.3 Å². The van der Waals surface area contributed by atoms with Crippen molar-refractivity contribution < 1.29 is 28.2 Å². The molecule has 1 aromatic carbocycles. The van der Waals surface area contributed by atoms with Gasteiger partial charge >= 0.3 is 12.0 Å². The van der Waals surface area contributed by atoms with E-state index in [-0.39, 0.29) is 27.6 Å². The molecule has 2 rings (SSSR count). The minimum atomic E-state index is -1.37. The van der Waals surface area contributed by atoms with Gasteiger partial charge < -0.3 is 20.9 Å². The van der Waals surface area contributed by atoms with Gasteiger partial charge in [-0.25, -0.2) is 18.4 Å². The largest absolute Gasteiger partial charge is 0.477 e. The first-order chi connectivity index (χ1) is 14.8.